The molecule has 1 rings (SSSR count). The molecule has 0 N–H and O–H groups in total. The van der Waals surface area contributed by atoms with Crippen LogP contribution in [0.2, 0.25) is 0 Å². The van der Waals surface area contributed by atoms with E-state index in [0.29, 0.717) is 0 Å². The monoisotopic (exact) mass is 135 g/mol. The predicted octanol–water partition coefficient (Wildman–Crippen LogP) is 0.406. The van der Waals surface area contributed by atoms with Gasteiger partial charge in [0.05, 0.1) is 6.04 Å². The van der Waals surface area contributed by atoms with Crippen molar-refractivity contribution in [1.82, 2.24) is 4.90 Å². The van der Waals surface area contributed by atoms with Crippen LogP contribution in [0.15, 0.2) is 11.6 Å². The van der Waals surface area contributed by atoms with Crippen molar-refractivity contribution in [3.05, 3.63) is 11.6 Å². The molecule has 2 nitrogen and oxygen atoms in total. The molecule has 1 atom stereocenters. The van der Waals surface area contributed by atoms with Gasteiger partial charge in [-0.15, -0.1) is 6.42 Å². The summed E-state index contributed by atoms with van der Waals surface area (Å²) in [5, 5.41) is 0. The van der Waals surface area contributed by atoms with E-state index in [-0.39, 0.29) is 11.9 Å². The molecular weight excluding hydrogens is 126 g/mol. The van der Waals surface area contributed by atoms with Crippen molar-refractivity contribution < 1.29 is 4.79 Å². The summed E-state index contributed by atoms with van der Waals surface area (Å²) in [6.45, 7) is 1.95. The number of amides is 1. The average molecular weight is 135 g/mol. The lowest BCUT2D eigenvalue weighted by Gasteiger charge is -2.37. The topological polar surface area (TPSA) is 20.3 Å². The summed E-state index contributed by atoms with van der Waals surface area (Å²) in [4.78, 5) is 12.6. The maximum absolute atomic E-state index is 10.9. The summed E-state index contributed by atoms with van der Waals surface area (Å²) >= 11 is 0. The molecule has 1 unspecified atom stereocenters. The van der Waals surface area contributed by atoms with Crippen molar-refractivity contribution in [2.45, 2.75) is 13.0 Å². The molecule has 0 aromatic carbocycles. The van der Waals surface area contributed by atoms with Crippen LogP contribution < -0.4 is 0 Å². The van der Waals surface area contributed by atoms with Gasteiger partial charge in [-0.1, -0.05) is 5.92 Å². The van der Waals surface area contributed by atoms with Crippen LogP contribution in [0.3, 0.4) is 0 Å². The third-order valence-electron chi connectivity index (χ3n) is 1.84. The number of carbonyl (C=O) groups is 1. The minimum absolute atomic E-state index is 0.0467. The predicted molar refractivity (Wildman–Crippen MR) is 39.1 cm³/mol. The van der Waals surface area contributed by atoms with Crippen LogP contribution in [0, 0.1) is 12.3 Å². The van der Waals surface area contributed by atoms with Crippen LogP contribution in [0.25, 0.3) is 0 Å². The quantitative estimate of drug-likeness (QED) is 0.267. The molecule has 0 aromatic rings. The number of β-lactam (4-membered cyclic amide) rings is 1. The van der Waals surface area contributed by atoms with E-state index in [2.05, 4.69) is 5.92 Å². The summed E-state index contributed by atoms with van der Waals surface area (Å²) in [5.41, 5.74) is 0.741. The van der Waals surface area contributed by atoms with Gasteiger partial charge in [0.25, 0.3) is 5.91 Å². The van der Waals surface area contributed by atoms with Gasteiger partial charge in [0.1, 0.15) is 0 Å². The maximum atomic E-state index is 10.9. The van der Waals surface area contributed by atoms with Gasteiger partial charge in [-0.3, -0.25) is 4.79 Å². The normalized spacial score (nSPS) is 28.1. The fourth-order valence-corrected chi connectivity index (χ4v) is 0.973. The third-order valence-corrected chi connectivity index (χ3v) is 1.84. The molecule has 0 radical (unpaired) electrons. The van der Waals surface area contributed by atoms with Gasteiger partial charge in [-0.05, 0) is 13.0 Å². The van der Waals surface area contributed by atoms with Crippen LogP contribution in [0.5, 0.6) is 0 Å². The first-order chi connectivity index (χ1) is 4.68. The number of carbonyl (C=O) groups excluding carboxylic acids is 1. The summed E-state index contributed by atoms with van der Waals surface area (Å²) in [6, 6.07) is 0.198. The Labute approximate surface area is 60.5 Å². The molecule has 1 amide bonds. The summed E-state index contributed by atoms with van der Waals surface area (Å²) < 4.78 is 0. The van der Waals surface area contributed by atoms with Gasteiger partial charge in [-0.2, -0.15) is 0 Å². The van der Waals surface area contributed by atoms with E-state index >= 15 is 0 Å². The first-order valence-corrected chi connectivity index (χ1v) is 3.12. The van der Waals surface area contributed by atoms with E-state index in [1.807, 2.05) is 6.92 Å². The number of nitrogens with zero attached hydrogens (tertiary/aromatic N) is 1. The number of allylic oxidation sites excluding steroid dienone is 1. The molecule has 0 aliphatic carbocycles. The first kappa shape index (κ1) is 6.88. The smallest absolute Gasteiger partial charge is 0.252 e. The molecule has 1 fully saturated rings. The number of rotatable bonds is 0. The van der Waals surface area contributed by atoms with Crippen LogP contribution in [0.4, 0.5) is 0 Å². The lowest BCUT2D eigenvalue weighted by atomic mass is 9.97. The number of likely N-dealkylation sites (N-methyl/N-ethyl adjacent to an activating group) is 1. The number of hydrogen-bond acceptors (Lipinski definition) is 1. The number of hydrogen-bond donors (Lipinski definition) is 0. The molecule has 0 bridgehead atoms. The highest BCUT2D eigenvalue weighted by molar-refractivity contribution is 6.01. The minimum atomic E-state index is 0.0467. The highest BCUT2D eigenvalue weighted by atomic mass is 16.2. The van der Waals surface area contributed by atoms with E-state index < -0.39 is 0 Å². The average Bonchev–Trinajstić information content (AvgIpc) is 1.98. The third kappa shape index (κ3) is 0.714. The van der Waals surface area contributed by atoms with Crippen molar-refractivity contribution >= 4 is 5.91 Å². The van der Waals surface area contributed by atoms with Crippen molar-refractivity contribution in [2.75, 3.05) is 7.05 Å². The van der Waals surface area contributed by atoms with Crippen molar-refractivity contribution in [1.29, 1.82) is 0 Å². The van der Waals surface area contributed by atoms with E-state index in [9.17, 15) is 4.79 Å². The molecule has 0 saturated carbocycles. The Morgan fingerprint density at radius 1 is 1.80 bits per heavy atom. The van der Waals surface area contributed by atoms with Gasteiger partial charge < -0.3 is 4.90 Å². The van der Waals surface area contributed by atoms with Gasteiger partial charge in [-0.25, -0.2) is 0 Å². The van der Waals surface area contributed by atoms with Crippen molar-refractivity contribution in [3.63, 3.8) is 0 Å². The number of likely N-dealkylation sites (tertiary alicyclic amines) is 1. The van der Waals surface area contributed by atoms with Crippen LogP contribution in [-0.4, -0.2) is 23.9 Å². The lowest BCUT2D eigenvalue weighted by molar-refractivity contribution is -0.134. The van der Waals surface area contributed by atoms with Gasteiger partial charge in [0.15, 0.2) is 0 Å². The molecule has 2 heteroatoms. The summed E-state index contributed by atoms with van der Waals surface area (Å²) in [5.74, 6) is 2.39. The highest BCUT2D eigenvalue weighted by Gasteiger charge is 2.34. The Balaban J connectivity index is 2.78. The van der Waals surface area contributed by atoms with Crippen molar-refractivity contribution in [3.8, 4) is 12.3 Å². The Morgan fingerprint density at radius 2 is 2.40 bits per heavy atom. The van der Waals surface area contributed by atoms with Gasteiger partial charge >= 0.3 is 0 Å². The van der Waals surface area contributed by atoms with E-state index in [4.69, 9.17) is 6.42 Å². The first-order valence-electron chi connectivity index (χ1n) is 3.12. The molecule has 0 spiro atoms. The van der Waals surface area contributed by atoms with Crippen LogP contribution >= 0.6 is 0 Å². The van der Waals surface area contributed by atoms with E-state index in [0.717, 1.165) is 5.57 Å². The largest absolute Gasteiger partial charge is 0.335 e. The molecule has 1 aliphatic heterocycles. The Hall–Kier alpha value is -1.23. The lowest BCUT2D eigenvalue weighted by Crippen LogP contribution is -2.50. The Bertz CT molecular complexity index is 234. The zero-order valence-electron chi connectivity index (χ0n) is 6.09. The van der Waals surface area contributed by atoms with E-state index in [1.54, 1.807) is 11.9 Å². The van der Waals surface area contributed by atoms with Gasteiger partial charge in [0.2, 0.25) is 0 Å². The molecule has 1 heterocycles. The zero-order valence-corrected chi connectivity index (χ0v) is 6.09. The zero-order chi connectivity index (χ0) is 7.72. The molecular formula is C8H9NO. The second-order valence-corrected chi connectivity index (χ2v) is 2.36. The Kier molecular flexibility index (Phi) is 1.50. The summed E-state index contributed by atoms with van der Waals surface area (Å²) in [6.07, 6.45) is 6.55. The second-order valence-electron chi connectivity index (χ2n) is 2.36. The fraction of sp³-hybridized carbons (Fsp3) is 0.375. The second kappa shape index (κ2) is 2.18. The molecule has 1 aliphatic rings. The fourth-order valence-electron chi connectivity index (χ4n) is 0.973. The van der Waals surface area contributed by atoms with Crippen LogP contribution in [-0.2, 0) is 4.79 Å². The highest BCUT2D eigenvalue weighted by Crippen LogP contribution is 2.22. The Morgan fingerprint density at radius 3 is 2.80 bits per heavy atom. The van der Waals surface area contributed by atoms with E-state index in [1.165, 1.54) is 6.08 Å². The van der Waals surface area contributed by atoms with Crippen molar-refractivity contribution in [2.24, 2.45) is 0 Å². The maximum Gasteiger partial charge on any atom is 0.252 e. The molecule has 10 heavy (non-hydrogen) atoms. The van der Waals surface area contributed by atoms with Gasteiger partial charge in [0, 0.05) is 12.6 Å². The van der Waals surface area contributed by atoms with Crippen LogP contribution in [0.1, 0.15) is 6.92 Å². The number of terminal acetylenes is 1. The molecule has 0 aromatic heterocycles. The molecule has 1 saturated heterocycles. The standard InChI is InChI=1S/C8H9NO/c1-4-5-7-6(2)9(3)8(7)10/h1,5-6H,2-3H3. The minimum Gasteiger partial charge on any atom is -0.335 e. The molecule has 52 valence electrons. The SMILES string of the molecule is C#CC=C1C(=O)N(C)C1C. The summed E-state index contributed by atoms with van der Waals surface area (Å²) in [7, 11) is 1.76.